The second kappa shape index (κ2) is 6.56. The van der Waals surface area contributed by atoms with Crippen LogP contribution in [0.25, 0.3) is 0 Å². The number of aryl methyl sites for hydroxylation is 1. The first-order valence-electron chi connectivity index (χ1n) is 10.8. The van der Waals surface area contributed by atoms with Gasteiger partial charge in [0.05, 0.1) is 17.5 Å². The van der Waals surface area contributed by atoms with E-state index in [1.54, 1.807) is 37.3 Å². The van der Waals surface area contributed by atoms with Gasteiger partial charge < -0.3 is 5.32 Å². The number of imide groups is 1. The van der Waals surface area contributed by atoms with E-state index < -0.39 is 17.4 Å². The average Bonchev–Trinajstić information content (AvgIpc) is 3.44. The zero-order chi connectivity index (χ0) is 22.5. The van der Waals surface area contributed by atoms with E-state index in [9.17, 15) is 14.4 Å². The summed E-state index contributed by atoms with van der Waals surface area (Å²) in [7, 11) is 0. The second-order valence-electron chi connectivity index (χ2n) is 9.17. The molecular formula is C24H21Cl2N3O3. The van der Waals surface area contributed by atoms with Crippen molar-refractivity contribution in [3.8, 4) is 0 Å². The first kappa shape index (κ1) is 20.2. The number of nitrogens with one attached hydrogen (secondary N) is 1. The van der Waals surface area contributed by atoms with Crippen LogP contribution in [-0.2, 0) is 19.9 Å². The molecule has 32 heavy (non-hydrogen) atoms. The molecular weight excluding hydrogens is 449 g/mol. The van der Waals surface area contributed by atoms with Gasteiger partial charge in [0, 0.05) is 27.3 Å². The summed E-state index contributed by atoms with van der Waals surface area (Å²) < 4.78 is 0. The average molecular weight is 470 g/mol. The van der Waals surface area contributed by atoms with Crippen LogP contribution in [0.2, 0.25) is 10.0 Å². The number of anilines is 2. The maximum Gasteiger partial charge on any atom is 0.250 e. The van der Waals surface area contributed by atoms with Crippen molar-refractivity contribution in [2.24, 2.45) is 11.8 Å². The highest BCUT2D eigenvalue weighted by Crippen LogP contribution is 2.61. The van der Waals surface area contributed by atoms with Gasteiger partial charge in [-0.15, -0.1) is 0 Å². The van der Waals surface area contributed by atoms with Crippen molar-refractivity contribution in [3.63, 3.8) is 0 Å². The lowest BCUT2D eigenvalue weighted by Crippen LogP contribution is -2.54. The Labute approximate surface area is 195 Å². The summed E-state index contributed by atoms with van der Waals surface area (Å²) in [5.74, 6) is -2.24. The number of nitrogens with zero attached hydrogens (tertiary/aromatic N) is 2. The molecule has 4 aliphatic rings. The molecule has 0 aromatic heterocycles. The van der Waals surface area contributed by atoms with Crippen LogP contribution in [0.1, 0.15) is 29.5 Å². The minimum absolute atomic E-state index is 0.170. The predicted molar refractivity (Wildman–Crippen MR) is 122 cm³/mol. The first-order chi connectivity index (χ1) is 15.3. The van der Waals surface area contributed by atoms with E-state index in [1.165, 1.54) is 4.90 Å². The first-order valence-corrected chi connectivity index (χ1v) is 11.6. The van der Waals surface area contributed by atoms with Crippen LogP contribution in [-0.4, -0.2) is 35.2 Å². The molecule has 2 aromatic rings. The van der Waals surface area contributed by atoms with Crippen molar-refractivity contribution >= 4 is 52.3 Å². The van der Waals surface area contributed by atoms with Gasteiger partial charge in [-0.25, -0.2) is 4.90 Å². The van der Waals surface area contributed by atoms with E-state index in [1.807, 2.05) is 6.92 Å². The smallest absolute Gasteiger partial charge is 0.250 e. The number of hydrogen-bond acceptors (Lipinski definition) is 4. The Morgan fingerprint density at radius 2 is 1.88 bits per heavy atom. The Hall–Kier alpha value is -2.41. The van der Waals surface area contributed by atoms with Crippen molar-refractivity contribution in [3.05, 3.63) is 57.1 Å². The molecule has 0 aliphatic carbocycles. The van der Waals surface area contributed by atoms with Gasteiger partial charge in [-0.1, -0.05) is 29.3 Å². The fourth-order valence-electron chi connectivity index (χ4n) is 6.51. The molecule has 3 fully saturated rings. The lowest BCUT2D eigenvalue weighted by Gasteiger charge is -2.37. The lowest BCUT2D eigenvalue weighted by atomic mass is 9.75. The fourth-order valence-corrected chi connectivity index (χ4v) is 6.95. The van der Waals surface area contributed by atoms with Gasteiger partial charge in [0.1, 0.15) is 5.54 Å². The van der Waals surface area contributed by atoms with Gasteiger partial charge in [0.25, 0.3) is 0 Å². The van der Waals surface area contributed by atoms with E-state index >= 15 is 0 Å². The molecule has 0 bridgehead atoms. The number of halogens is 2. The SMILES string of the molecule is Cc1cc(Cl)cc2c1NC(=O)[C@@]21[C@@H]2C(=O)N(c3cccc(Cl)c3C)C(=O)[C@@H]2[C@H]2CCCN21. The molecule has 3 amide bonds. The summed E-state index contributed by atoms with van der Waals surface area (Å²) in [5.41, 5.74) is 2.17. The summed E-state index contributed by atoms with van der Waals surface area (Å²) >= 11 is 12.7. The van der Waals surface area contributed by atoms with Crippen LogP contribution in [0, 0.1) is 25.7 Å². The van der Waals surface area contributed by atoms with Crippen LogP contribution < -0.4 is 10.2 Å². The van der Waals surface area contributed by atoms with Gasteiger partial charge in [-0.05, 0) is 68.6 Å². The maximum absolute atomic E-state index is 14.0. The molecule has 6 nitrogen and oxygen atoms in total. The fraction of sp³-hybridized carbons (Fsp3) is 0.375. The zero-order valence-corrected chi connectivity index (χ0v) is 19.1. The van der Waals surface area contributed by atoms with Crippen LogP contribution in [0.4, 0.5) is 11.4 Å². The highest BCUT2D eigenvalue weighted by atomic mass is 35.5. The third-order valence-corrected chi connectivity index (χ3v) is 8.37. The standard InChI is InChI=1S/C24H21Cl2N3O3/c1-11-9-13(25)10-14-20(11)27-23(32)24(14)19-18(17-7-4-8-28(17)24)21(30)29(22(19)31)16-6-3-5-15(26)12(16)2/h3,5-6,9-10,17-19H,4,7-8H2,1-2H3,(H,27,32)/t17-,18-,19+,24+/m1/s1. The van der Waals surface area contributed by atoms with Gasteiger partial charge >= 0.3 is 0 Å². The van der Waals surface area contributed by atoms with E-state index in [-0.39, 0.29) is 23.8 Å². The molecule has 2 aromatic carbocycles. The molecule has 0 radical (unpaired) electrons. The molecule has 4 heterocycles. The summed E-state index contributed by atoms with van der Waals surface area (Å²) in [6.45, 7) is 4.35. The number of benzene rings is 2. The van der Waals surface area contributed by atoms with E-state index in [0.717, 1.165) is 18.4 Å². The monoisotopic (exact) mass is 469 g/mol. The Bertz CT molecular complexity index is 1250. The Morgan fingerprint density at radius 3 is 2.66 bits per heavy atom. The minimum atomic E-state index is -1.23. The zero-order valence-electron chi connectivity index (χ0n) is 17.6. The molecule has 6 rings (SSSR count). The predicted octanol–water partition coefficient (Wildman–Crippen LogP) is 4.04. The van der Waals surface area contributed by atoms with Crippen LogP contribution in [0.15, 0.2) is 30.3 Å². The minimum Gasteiger partial charge on any atom is -0.324 e. The molecule has 3 saturated heterocycles. The second-order valence-corrected chi connectivity index (χ2v) is 10.0. The van der Waals surface area contributed by atoms with Crippen molar-refractivity contribution in [1.82, 2.24) is 4.90 Å². The Kier molecular flexibility index (Phi) is 4.15. The molecule has 164 valence electrons. The van der Waals surface area contributed by atoms with Gasteiger partial charge in [-0.3, -0.25) is 19.3 Å². The largest absolute Gasteiger partial charge is 0.324 e. The van der Waals surface area contributed by atoms with Crippen molar-refractivity contribution in [2.45, 2.75) is 38.3 Å². The van der Waals surface area contributed by atoms with Crippen molar-refractivity contribution < 1.29 is 14.4 Å². The molecule has 0 unspecified atom stereocenters. The third kappa shape index (κ3) is 2.23. The van der Waals surface area contributed by atoms with Crippen molar-refractivity contribution in [2.75, 3.05) is 16.8 Å². The van der Waals surface area contributed by atoms with Gasteiger partial charge in [-0.2, -0.15) is 0 Å². The third-order valence-electron chi connectivity index (χ3n) is 7.74. The van der Waals surface area contributed by atoms with E-state index in [2.05, 4.69) is 10.2 Å². The van der Waals surface area contributed by atoms with Gasteiger partial charge in [0.15, 0.2) is 0 Å². The molecule has 4 aliphatic heterocycles. The summed E-state index contributed by atoms with van der Waals surface area (Å²) in [6, 6.07) is 8.62. The number of rotatable bonds is 1. The molecule has 8 heteroatoms. The van der Waals surface area contributed by atoms with E-state index in [4.69, 9.17) is 23.2 Å². The summed E-state index contributed by atoms with van der Waals surface area (Å²) in [5, 5.41) is 4.02. The normalized spacial score (nSPS) is 30.8. The highest BCUT2D eigenvalue weighted by Gasteiger charge is 2.74. The van der Waals surface area contributed by atoms with E-state index in [0.29, 0.717) is 39.1 Å². The number of amides is 3. The maximum atomic E-state index is 14.0. The molecule has 1 spiro atoms. The summed E-state index contributed by atoms with van der Waals surface area (Å²) in [4.78, 5) is 44.9. The quantitative estimate of drug-likeness (QED) is 0.639. The lowest BCUT2D eigenvalue weighted by molar-refractivity contribution is -0.135. The Morgan fingerprint density at radius 1 is 1.09 bits per heavy atom. The molecule has 4 atom stereocenters. The summed E-state index contributed by atoms with van der Waals surface area (Å²) in [6.07, 6.45) is 1.64. The van der Waals surface area contributed by atoms with Crippen LogP contribution in [0.3, 0.4) is 0 Å². The topological polar surface area (TPSA) is 69.7 Å². The van der Waals surface area contributed by atoms with Crippen LogP contribution in [0.5, 0.6) is 0 Å². The number of carbonyl (C=O) groups is 3. The highest BCUT2D eigenvalue weighted by molar-refractivity contribution is 6.33. The Balaban J connectivity index is 1.59. The number of fused-ring (bicyclic) bond motifs is 7. The van der Waals surface area contributed by atoms with Crippen LogP contribution >= 0.6 is 23.2 Å². The van der Waals surface area contributed by atoms with Gasteiger partial charge in [0.2, 0.25) is 17.7 Å². The number of carbonyl (C=O) groups excluding carboxylic acids is 3. The molecule has 1 N–H and O–H groups in total. The molecule has 0 saturated carbocycles. The number of hydrogen-bond donors (Lipinski definition) is 1. The van der Waals surface area contributed by atoms with Crippen molar-refractivity contribution in [1.29, 1.82) is 0 Å².